The fraction of sp³-hybridized carbons (Fsp3) is 0.429. The van der Waals surface area contributed by atoms with Gasteiger partial charge < -0.3 is 20.5 Å². The maximum Gasteiger partial charge on any atom is 0.337 e. The third-order valence-corrected chi connectivity index (χ3v) is 3.21. The summed E-state index contributed by atoms with van der Waals surface area (Å²) in [6.45, 7) is 1.97. The third-order valence-electron chi connectivity index (χ3n) is 3.21. The van der Waals surface area contributed by atoms with E-state index < -0.39 is 12.0 Å². The molecular weight excluding hydrogens is 260 g/mol. The van der Waals surface area contributed by atoms with Gasteiger partial charge in [0.15, 0.2) is 0 Å². The molecule has 2 rings (SSSR count). The summed E-state index contributed by atoms with van der Waals surface area (Å²) in [5, 5.41) is 14.3. The molecule has 1 saturated heterocycles. The number of hydrogen-bond acceptors (Lipinski definition) is 3. The van der Waals surface area contributed by atoms with Gasteiger partial charge in [0.2, 0.25) is 0 Å². The first-order chi connectivity index (χ1) is 9.66. The number of amides is 2. The van der Waals surface area contributed by atoms with Crippen molar-refractivity contribution in [2.45, 2.75) is 12.8 Å². The van der Waals surface area contributed by atoms with Crippen molar-refractivity contribution < 1.29 is 19.4 Å². The van der Waals surface area contributed by atoms with Crippen molar-refractivity contribution in [1.29, 1.82) is 0 Å². The van der Waals surface area contributed by atoms with E-state index in [1.807, 2.05) is 0 Å². The van der Waals surface area contributed by atoms with Gasteiger partial charge in [0.25, 0.3) is 0 Å². The zero-order chi connectivity index (χ0) is 14.4. The van der Waals surface area contributed by atoms with Crippen LogP contribution in [-0.4, -0.2) is 36.9 Å². The van der Waals surface area contributed by atoms with Crippen molar-refractivity contribution in [2.75, 3.05) is 25.1 Å². The van der Waals surface area contributed by atoms with E-state index in [1.54, 1.807) is 18.2 Å². The molecule has 0 saturated carbocycles. The first-order valence-electron chi connectivity index (χ1n) is 6.61. The number of nitrogens with one attached hydrogen (secondary N) is 2. The standard InChI is InChI=1S/C14H18N2O4/c17-13(18)11-5-1-2-6-12(11)16-14(19)15-8-10-4-3-7-20-9-10/h1-2,5-6,10H,3-4,7-9H2,(H,17,18)(H2,15,16,19). The molecule has 6 nitrogen and oxygen atoms in total. The molecule has 1 aromatic rings. The second-order valence-corrected chi connectivity index (χ2v) is 4.77. The third kappa shape index (κ3) is 3.96. The Balaban J connectivity index is 1.86. The van der Waals surface area contributed by atoms with Crippen LogP contribution >= 0.6 is 0 Å². The number of ether oxygens (including phenoxy) is 1. The molecular formula is C14H18N2O4. The van der Waals surface area contributed by atoms with E-state index in [4.69, 9.17) is 9.84 Å². The Morgan fingerprint density at radius 2 is 2.15 bits per heavy atom. The summed E-state index contributed by atoms with van der Waals surface area (Å²) in [7, 11) is 0. The summed E-state index contributed by atoms with van der Waals surface area (Å²) >= 11 is 0. The van der Waals surface area contributed by atoms with Gasteiger partial charge in [-0.05, 0) is 30.9 Å². The first kappa shape index (κ1) is 14.3. The molecule has 1 atom stereocenters. The maximum atomic E-state index is 11.8. The summed E-state index contributed by atoms with van der Waals surface area (Å²) < 4.78 is 5.33. The Kier molecular flexibility index (Phi) is 4.95. The highest BCUT2D eigenvalue weighted by Gasteiger charge is 2.16. The van der Waals surface area contributed by atoms with E-state index in [0.29, 0.717) is 19.1 Å². The average molecular weight is 278 g/mol. The van der Waals surface area contributed by atoms with Crippen LogP contribution in [0.2, 0.25) is 0 Å². The number of aromatic carboxylic acids is 1. The van der Waals surface area contributed by atoms with Gasteiger partial charge in [0.05, 0.1) is 17.9 Å². The van der Waals surface area contributed by atoms with E-state index >= 15 is 0 Å². The normalized spacial score (nSPS) is 18.3. The Hall–Kier alpha value is -2.08. The average Bonchev–Trinajstić information content (AvgIpc) is 2.46. The number of anilines is 1. The van der Waals surface area contributed by atoms with Gasteiger partial charge in [-0.15, -0.1) is 0 Å². The van der Waals surface area contributed by atoms with Gasteiger partial charge in [-0.25, -0.2) is 9.59 Å². The van der Waals surface area contributed by atoms with Gasteiger partial charge in [-0.1, -0.05) is 12.1 Å². The van der Waals surface area contributed by atoms with Gasteiger partial charge in [-0.3, -0.25) is 0 Å². The summed E-state index contributed by atoms with van der Waals surface area (Å²) in [4.78, 5) is 22.8. The van der Waals surface area contributed by atoms with E-state index in [9.17, 15) is 9.59 Å². The molecule has 0 bridgehead atoms. The molecule has 3 N–H and O–H groups in total. The second kappa shape index (κ2) is 6.91. The van der Waals surface area contributed by atoms with Crippen LogP contribution in [0.5, 0.6) is 0 Å². The molecule has 0 radical (unpaired) electrons. The fourth-order valence-corrected chi connectivity index (χ4v) is 2.15. The fourth-order valence-electron chi connectivity index (χ4n) is 2.15. The predicted octanol–water partition coefficient (Wildman–Crippen LogP) is 1.93. The lowest BCUT2D eigenvalue weighted by atomic mass is 10.0. The first-order valence-corrected chi connectivity index (χ1v) is 6.61. The monoisotopic (exact) mass is 278 g/mol. The Morgan fingerprint density at radius 3 is 2.85 bits per heavy atom. The number of benzene rings is 1. The lowest BCUT2D eigenvalue weighted by Gasteiger charge is -2.22. The predicted molar refractivity (Wildman–Crippen MR) is 74.0 cm³/mol. The van der Waals surface area contributed by atoms with Crippen LogP contribution in [0.15, 0.2) is 24.3 Å². The number of para-hydroxylation sites is 1. The molecule has 0 spiro atoms. The minimum Gasteiger partial charge on any atom is -0.478 e. The largest absolute Gasteiger partial charge is 0.478 e. The molecule has 2 amide bonds. The van der Waals surface area contributed by atoms with Crippen LogP contribution in [0, 0.1) is 5.92 Å². The highest BCUT2D eigenvalue weighted by atomic mass is 16.5. The molecule has 0 aliphatic carbocycles. The van der Waals surface area contributed by atoms with Crippen molar-refractivity contribution in [3.8, 4) is 0 Å². The van der Waals surface area contributed by atoms with Crippen LogP contribution in [-0.2, 0) is 4.74 Å². The lowest BCUT2D eigenvalue weighted by Crippen LogP contribution is -2.36. The molecule has 1 aromatic carbocycles. The maximum absolute atomic E-state index is 11.8. The summed E-state index contributed by atoms with van der Waals surface area (Å²) in [6.07, 6.45) is 2.04. The number of carbonyl (C=O) groups excluding carboxylic acids is 1. The van der Waals surface area contributed by atoms with Crippen LogP contribution < -0.4 is 10.6 Å². The van der Waals surface area contributed by atoms with Crippen molar-refractivity contribution in [1.82, 2.24) is 5.32 Å². The molecule has 1 heterocycles. The molecule has 1 aliphatic rings. The summed E-state index contributed by atoms with van der Waals surface area (Å²) in [5.41, 5.74) is 0.362. The molecule has 0 aromatic heterocycles. The summed E-state index contributed by atoms with van der Waals surface area (Å²) in [5.74, 6) is -0.745. The van der Waals surface area contributed by atoms with Gasteiger partial charge >= 0.3 is 12.0 Å². The second-order valence-electron chi connectivity index (χ2n) is 4.77. The number of urea groups is 1. The zero-order valence-electron chi connectivity index (χ0n) is 11.1. The number of hydrogen-bond donors (Lipinski definition) is 3. The molecule has 20 heavy (non-hydrogen) atoms. The Morgan fingerprint density at radius 1 is 1.35 bits per heavy atom. The molecule has 1 unspecified atom stereocenters. The highest BCUT2D eigenvalue weighted by molar-refractivity contribution is 5.99. The van der Waals surface area contributed by atoms with Gasteiger partial charge in [0.1, 0.15) is 0 Å². The molecule has 1 fully saturated rings. The molecule has 1 aliphatic heterocycles. The molecule has 6 heteroatoms. The number of carboxylic acid groups (broad SMARTS) is 1. The van der Waals surface area contributed by atoms with Gasteiger partial charge in [-0.2, -0.15) is 0 Å². The number of carbonyl (C=O) groups is 2. The van der Waals surface area contributed by atoms with Crippen LogP contribution in [0.1, 0.15) is 23.2 Å². The quantitative estimate of drug-likeness (QED) is 0.785. The zero-order valence-corrected chi connectivity index (χ0v) is 11.1. The number of rotatable bonds is 4. The topological polar surface area (TPSA) is 87.7 Å². The van der Waals surface area contributed by atoms with E-state index in [0.717, 1.165) is 19.4 Å². The minimum absolute atomic E-state index is 0.0728. The highest BCUT2D eigenvalue weighted by Crippen LogP contribution is 2.15. The van der Waals surface area contributed by atoms with Gasteiger partial charge in [0, 0.05) is 13.2 Å². The SMILES string of the molecule is O=C(NCC1CCCOC1)Nc1ccccc1C(=O)O. The van der Waals surface area contributed by atoms with Crippen LogP contribution in [0.25, 0.3) is 0 Å². The van der Waals surface area contributed by atoms with E-state index in [-0.39, 0.29) is 11.3 Å². The van der Waals surface area contributed by atoms with Crippen molar-refractivity contribution in [3.63, 3.8) is 0 Å². The van der Waals surface area contributed by atoms with Crippen LogP contribution in [0.4, 0.5) is 10.5 Å². The number of carboxylic acids is 1. The minimum atomic E-state index is -1.07. The smallest absolute Gasteiger partial charge is 0.337 e. The Bertz CT molecular complexity index is 484. The van der Waals surface area contributed by atoms with E-state index in [1.165, 1.54) is 6.07 Å². The molecule has 108 valence electrons. The van der Waals surface area contributed by atoms with Crippen molar-refractivity contribution in [3.05, 3.63) is 29.8 Å². The summed E-state index contributed by atoms with van der Waals surface area (Å²) in [6, 6.07) is 5.91. The van der Waals surface area contributed by atoms with Crippen LogP contribution in [0.3, 0.4) is 0 Å². The van der Waals surface area contributed by atoms with Crippen molar-refractivity contribution in [2.24, 2.45) is 5.92 Å². The van der Waals surface area contributed by atoms with Crippen molar-refractivity contribution >= 4 is 17.7 Å². The Labute approximate surface area is 117 Å². The van der Waals surface area contributed by atoms with E-state index in [2.05, 4.69) is 10.6 Å². The lowest BCUT2D eigenvalue weighted by molar-refractivity contribution is 0.0559.